The van der Waals surface area contributed by atoms with E-state index in [4.69, 9.17) is 0 Å². The highest BCUT2D eigenvalue weighted by Crippen LogP contribution is 2.26. The van der Waals surface area contributed by atoms with Gasteiger partial charge in [-0.1, -0.05) is 12.1 Å². The van der Waals surface area contributed by atoms with E-state index in [2.05, 4.69) is 29.9 Å². The number of nitrogens with zero attached hydrogens (tertiary/aromatic N) is 7. The summed E-state index contributed by atoms with van der Waals surface area (Å²) >= 11 is 0. The van der Waals surface area contributed by atoms with E-state index >= 15 is 0 Å². The Bertz CT molecular complexity index is 1470. The van der Waals surface area contributed by atoms with Gasteiger partial charge in [-0.25, -0.2) is 28.1 Å². The number of amides is 1. The highest BCUT2D eigenvalue weighted by Gasteiger charge is 2.30. The quantitative estimate of drug-likeness (QED) is 0.431. The summed E-state index contributed by atoms with van der Waals surface area (Å²) in [7, 11) is -3.44. The average molecular weight is 495 g/mol. The number of hydrogen-bond acceptors (Lipinski definition) is 8. The summed E-state index contributed by atoms with van der Waals surface area (Å²) < 4.78 is 25.8. The second kappa shape index (κ2) is 9.10. The minimum absolute atomic E-state index is 0.0782. The molecule has 1 N–H and O–H groups in total. The molecule has 1 fully saturated rings. The number of benzene rings is 1. The first-order valence-electron chi connectivity index (χ1n) is 11.4. The van der Waals surface area contributed by atoms with E-state index in [9.17, 15) is 13.2 Å². The summed E-state index contributed by atoms with van der Waals surface area (Å²) in [5, 5.41) is 4.29. The average Bonchev–Trinajstić information content (AvgIpc) is 3.54. The summed E-state index contributed by atoms with van der Waals surface area (Å²) in [5.41, 5.74) is 2.29. The Morgan fingerprint density at radius 1 is 1.17 bits per heavy atom. The first-order valence-corrected chi connectivity index (χ1v) is 13.3. The number of aromatic amines is 1. The van der Waals surface area contributed by atoms with Crippen LogP contribution in [0.2, 0.25) is 0 Å². The molecule has 12 heteroatoms. The van der Waals surface area contributed by atoms with Gasteiger partial charge in [-0.05, 0) is 31.9 Å². The van der Waals surface area contributed by atoms with Gasteiger partial charge in [0, 0.05) is 38.1 Å². The standard InChI is InChI=1S/C23H26N8O3S/c1-3-30(17-8-10-29(11-9-17)22-20-21(25-14-24-20)26-15-27-22)23(32)16-12-28-31(13-16)18-6-4-5-7-19(18)35(2,33)34/h4-7,12-15,17H,3,8-11H2,1-2H3,(H,24,25,26,27). The molecule has 0 unspecified atom stereocenters. The first-order chi connectivity index (χ1) is 16.9. The van der Waals surface area contributed by atoms with Crippen molar-refractivity contribution in [3.63, 3.8) is 0 Å². The molecule has 182 valence electrons. The van der Waals surface area contributed by atoms with Crippen LogP contribution in [0.4, 0.5) is 5.82 Å². The lowest BCUT2D eigenvalue weighted by Crippen LogP contribution is -2.47. The van der Waals surface area contributed by atoms with Gasteiger partial charge < -0.3 is 14.8 Å². The summed E-state index contributed by atoms with van der Waals surface area (Å²) in [6.45, 7) is 4.03. The normalized spacial score (nSPS) is 15.0. The Hall–Kier alpha value is -3.80. The fourth-order valence-electron chi connectivity index (χ4n) is 4.64. The Morgan fingerprint density at radius 2 is 1.94 bits per heavy atom. The molecule has 4 aromatic rings. The second-order valence-corrected chi connectivity index (χ2v) is 10.5. The molecule has 0 bridgehead atoms. The molecule has 0 aliphatic carbocycles. The van der Waals surface area contributed by atoms with E-state index < -0.39 is 9.84 Å². The van der Waals surface area contributed by atoms with Crippen molar-refractivity contribution in [3.05, 3.63) is 54.9 Å². The lowest BCUT2D eigenvalue weighted by Gasteiger charge is -2.38. The van der Waals surface area contributed by atoms with Crippen molar-refractivity contribution < 1.29 is 13.2 Å². The molecule has 0 radical (unpaired) electrons. The van der Waals surface area contributed by atoms with Crippen LogP contribution in [-0.2, 0) is 9.84 Å². The lowest BCUT2D eigenvalue weighted by molar-refractivity contribution is 0.0663. The van der Waals surface area contributed by atoms with Gasteiger partial charge in [0.2, 0.25) is 0 Å². The number of rotatable bonds is 6. The van der Waals surface area contributed by atoms with Crippen LogP contribution in [0.25, 0.3) is 16.9 Å². The SMILES string of the molecule is CCN(C(=O)c1cnn(-c2ccccc2S(C)(=O)=O)c1)C1CCN(c2ncnc3nc[nH]c23)CC1. The van der Waals surface area contributed by atoms with Gasteiger partial charge in [-0.15, -0.1) is 0 Å². The van der Waals surface area contributed by atoms with E-state index in [1.165, 1.54) is 23.3 Å². The second-order valence-electron chi connectivity index (χ2n) is 8.52. The molecule has 1 saturated heterocycles. The summed E-state index contributed by atoms with van der Waals surface area (Å²) in [6.07, 6.45) is 8.97. The fraction of sp³-hybridized carbons (Fsp3) is 0.348. The molecule has 4 heterocycles. The van der Waals surface area contributed by atoms with Gasteiger partial charge in [0.05, 0.1) is 28.7 Å². The van der Waals surface area contributed by atoms with Crippen molar-refractivity contribution in [2.45, 2.75) is 30.7 Å². The number of imidazole rings is 1. The number of para-hydroxylation sites is 1. The van der Waals surface area contributed by atoms with Crippen LogP contribution in [0.3, 0.4) is 0 Å². The minimum atomic E-state index is -3.44. The molecule has 11 nitrogen and oxygen atoms in total. The monoisotopic (exact) mass is 494 g/mol. The predicted molar refractivity (Wildman–Crippen MR) is 130 cm³/mol. The number of hydrogen-bond donors (Lipinski definition) is 1. The molecule has 0 spiro atoms. The van der Waals surface area contributed by atoms with Gasteiger partial charge in [-0.2, -0.15) is 5.10 Å². The molecular formula is C23H26N8O3S. The number of sulfone groups is 1. The van der Waals surface area contributed by atoms with Crippen molar-refractivity contribution >= 4 is 32.7 Å². The van der Waals surface area contributed by atoms with Crippen LogP contribution in [0.1, 0.15) is 30.1 Å². The third-order valence-corrected chi connectivity index (χ3v) is 7.49. The molecule has 1 aliphatic heterocycles. The first kappa shape index (κ1) is 23.0. The molecule has 35 heavy (non-hydrogen) atoms. The number of piperidine rings is 1. The Morgan fingerprint density at radius 3 is 2.69 bits per heavy atom. The topological polar surface area (TPSA) is 130 Å². The lowest BCUT2D eigenvalue weighted by atomic mass is 10.0. The summed E-state index contributed by atoms with van der Waals surface area (Å²) in [4.78, 5) is 33.6. The van der Waals surface area contributed by atoms with Crippen molar-refractivity contribution in [2.75, 3.05) is 30.8 Å². The molecule has 0 atom stereocenters. The number of fused-ring (bicyclic) bond motifs is 1. The maximum Gasteiger partial charge on any atom is 0.257 e. The predicted octanol–water partition coefficient (Wildman–Crippen LogP) is 2.07. The maximum absolute atomic E-state index is 13.4. The highest BCUT2D eigenvalue weighted by atomic mass is 32.2. The molecule has 0 saturated carbocycles. The third kappa shape index (κ3) is 4.36. The Labute approximate surface area is 202 Å². The molecule has 1 aromatic carbocycles. The van der Waals surface area contributed by atoms with E-state index in [-0.39, 0.29) is 16.8 Å². The Balaban J connectivity index is 1.32. The van der Waals surface area contributed by atoms with Gasteiger partial charge >= 0.3 is 0 Å². The smallest absolute Gasteiger partial charge is 0.257 e. The fourth-order valence-corrected chi connectivity index (χ4v) is 5.51. The van der Waals surface area contributed by atoms with E-state index in [1.807, 2.05) is 11.8 Å². The van der Waals surface area contributed by atoms with Crippen molar-refractivity contribution in [1.29, 1.82) is 0 Å². The van der Waals surface area contributed by atoms with Crippen LogP contribution in [-0.4, -0.2) is 80.9 Å². The van der Waals surface area contributed by atoms with Crippen LogP contribution in [0.15, 0.2) is 54.2 Å². The van der Waals surface area contributed by atoms with Gasteiger partial charge in [0.25, 0.3) is 5.91 Å². The number of anilines is 1. The molecular weight excluding hydrogens is 468 g/mol. The Kier molecular flexibility index (Phi) is 5.97. The summed E-state index contributed by atoms with van der Waals surface area (Å²) in [6, 6.07) is 6.70. The van der Waals surface area contributed by atoms with Crippen molar-refractivity contribution in [3.8, 4) is 5.69 Å². The van der Waals surface area contributed by atoms with Crippen LogP contribution < -0.4 is 4.90 Å². The number of aromatic nitrogens is 6. The zero-order valence-corrected chi connectivity index (χ0v) is 20.3. The van der Waals surface area contributed by atoms with E-state index in [0.717, 1.165) is 43.5 Å². The molecule has 1 aliphatic rings. The number of nitrogens with one attached hydrogen (secondary N) is 1. The number of carbonyl (C=O) groups is 1. The van der Waals surface area contributed by atoms with Crippen LogP contribution in [0.5, 0.6) is 0 Å². The summed E-state index contributed by atoms with van der Waals surface area (Å²) in [5.74, 6) is 0.707. The highest BCUT2D eigenvalue weighted by molar-refractivity contribution is 7.90. The molecule has 5 rings (SSSR count). The van der Waals surface area contributed by atoms with Gasteiger partial charge in [0.15, 0.2) is 21.3 Å². The maximum atomic E-state index is 13.4. The van der Waals surface area contributed by atoms with Crippen LogP contribution >= 0.6 is 0 Å². The molecule has 3 aromatic heterocycles. The van der Waals surface area contributed by atoms with Gasteiger partial charge in [0.1, 0.15) is 11.8 Å². The van der Waals surface area contributed by atoms with Crippen LogP contribution in [0, 0.1) is 0 Å². The number of H-pyrrole nitrogens is 1. The zero-order valence-electron chi connectivity index (χ0n) is 19.5. The third-order valence-electron chi connectivity index (χ3n) is 6.35. The van der Waals surface area contributed by atoms with E-state index in [1.54, 1.807) is 30.7 Å². The minimum Gasteiger partial charge on any atom is -0.355 e. The van der Waals surface area contributed by atoms with E-state index in [0.29, 0.717) is 23.4 Å². The largest absolute Gasteiger partial charge is 0.355 e. The zero-order chi connectivity index (χ0) is 24.6. The van der Waals surface area contributed by atoms with Crippen molar-refractivity contribution in [1.82, 2.24) is 34.6 Å². The van der Waals surface area contributed by atoms with Crippen molar-refractivity contribution in [2.24, 2.45) is 0 Å². The number of carbonyl (C=O) groups excluding carboxylic acids is 1. The van der Waals surface area contributed by atoms with Gasteiger partial charge in [-0.3, -0.25) is 4.79 Å². The molecule has 1 amide bonds.